The van der Waals surface area contributed by atoms with E-state index in [1.165, 1.54) is 6.20 Å². The Labute approximate surface area is 184 Å². The molecule has 10 nitrogen and oxygen atoms in total. The highest BCUT2D eigenvalue weighted by Gasteiger charge is 2.28. The lowest BCUT2D eigenvalue weighted by atomic mass is 10.2. The van der Waals surface area contributed by atoms with E-state index in [-0.39, 0.29) is 11.6 Å². The Kier molecular flexibility index (Phi) is 5.09. The Morgan fingerprint density at radius 3 is 2.45 bits per heavy atom. The quantitative estimate of drug-likeness (QED) is 0.605. The third-order valence-electron chi connectivity index (χ3n) is 5.87. The molecule has 3 aromatic rings. The standard InChI is InChI=1S/C20H24ClN9O/c1-13-24-17-14(11-23-27(17)2)18(25-13)28-7-9-29(10-8-28)19(31)16-15(21)12-22-20(26-16)30-5-3-4-6-30/h11-12H,3-10H2,1-2H3. The second kappa shape index (κ2) is 7.92. The van der Waals surface area contributed by atoms with Gasteiger partial charge in [0.1, 0.15) is 11.6 Å². The average Bonchev–Trinajstić information content (AvgIpc) is 3.44. The van der Waals surface area contributed by atoms with Gasteiger partial charge in [0.25, 0.3) is 5.91 Å². The van der Waals surface area contributed by atoms with Crippen LogP contribution in [0.2, 0.25) is 5.02 Å². The molecule has 2 fully saturated rings. The Hall–Kier alpha value is -3.01. The van der Waals surface area contributed by atoms with Crippen LogP contribution in [0.5, 0.6) is 0 Å². The summed E-state index contributed by atoms with van der Waals surface area (Å²) in [4.78, 5) is 37.2. The van der Waals surface area contributed by atoms with Crippen LogP contribution in [-0.2, 0) is 7.05 Å². The summed E-state index contributed by atoms with van der Waals surface area (Å²) in [6.45, 7) is 6.14. The van der Waals surface area contributed by atoms with Gasteiger partial charge in [0, 0.05) is 46.3 Å². The van der Waals surface area contributed by atoms with E-state index in [0.717, 1.165) is 42.8 Å². The van der Waals surface area contributed by atoms with Crippen molar-refractivity contribution >= 4 is 40.3 Å². The Bertz CT molecular complexity index is 1130. The van der Waals surface area contributed by atoms with Crippen molar-refractivity contribution in [2.24, 2.45) is 7.05 Å². The predicted molar refractivity (Wildman–Crippen MR) is 118 cm³/mol. The molecule has 5 heterocycles. The van der Waals surface area contributed by atoms with Crippen molar-refractivity contribution in [1.82, 2.24) is 34.6 Å². The summed E-state index contributed by atoms with van der Waals surface area (Å²) in [5.41, 5.74) is 1.09. The predicted octanol–water partition coefficient (Wildman–Crippen LogP) is 1.68. The van der Waals surface area contributed by atoms with Gasteiger partial charge >= 0.3 is 0 Å². The minimum atomic E-state index is -0.155. The fourth-order valence-corrected chi connectivity index (χ4v) is 4.37. The van der Waals surface area contributed by atoms with Crippen LogP contribution in [0, 0.1) is 6.92 Å². The van der Waals surface area contributed by atoms with Crippen LogP contribution in [0.15, 0.2) is 12.4 Å². The minimum Gasteiger partial charge on any atom is -0.352 e. The number of piperazine rings is 1. The van der Waals surface area contributed by atoms with Gasteiger partial charge in [0.05, 0.1) is 22.8 Å². The minimum absolute atomic E-state index is 0.155. The number of aromatic nitrogens is 6. The van der Waals surface area contributed by atoms with Gasteiger partial charge in [-0.2, -0.15) is 5.10 Å². The summed E-state index contributed by atoms with van der Waals surface area (Å²) in [7, 11) is 1.87. The van der Waals surface area contributed by atoms with E-state index in [1.54, 1.807) is 15.8 Å². The van der Waals surface area contributed by atoms with E-state index in [2.05, 4.69) is 34.8 Å². The molecule has 0 atom stereocenters. The number of fused-ring (bicyclic) bond motifs is 1. The van der Waals surface area contributed by atoms with Crippen LogP contribution >= 0.6 is 11.6 Å². The first-order valence-electron chi connectivity index (χ1n) is 10.5. The lowest BCUT2D eigenvalue weighted by molar-refractivity contribution is 0.0740. The molecule has 2 aliphatic rings. The summed E-state index contributed by atoms with van der Waals surface area (Å²) >= 11 is 6.30. The van der Waals surface area contributed by atoms with E-state index in [0.29, 0.717) is 43.0 Å². The zero-order valence-corrected chi connectivity index (χ0v) is 18.4. The van der Waals surface area contributed by atoms with Crippen LogP contribution in [0.25, 0.3) is 11.0 Å². The maximum absolute atomic E-state index is 13.2. The number of rotatable bonds is 3. The maximum atomic E-state index is 13.2. The van der Waals surface area contributed by atoms with Crippen molar-refractivity contribution < 1.29 is 4.79 Å². The molecule has 0 N–H and O–H groups in total. The molecule has 3 aromatic heterocycles. The molecule has 2 saturated heterocycles. The van der Waals surface area contributed by atoms with Gasteiger partial charge in [-0.15, -0.1) is 0 Å². The number of hydrogen-bond acceptors (Lipinski definition) is 8. The third-order valence-corrected chi connectivity index (χ3v) is 6.15. The Balaban J connectivity index is 1.33. The molecule has 0 saturated carbocycles. The van der Waals surface area contributed by atoms with Crippen LogP contribution in [0.1, 0.15) is 29.2 Å². The van der Waals surface area contributed by atoms with E-state index in [4.69, 9.17) is 11.6 Å². The van der Waals surface area contributed by atoms with Crippen LogP contribution in [-0.4, -0.2) is 79.8 Å². The van der Waals surface area contributed by atoms with Gasteiger partial charge in [0.2, 0.25) is 5.95 Å². The first kappa shape index (κ1) is 19.9. The average molecular weight is 442 g/mol. The molecule has 0 unspecified atom stereocenters. The Morgan fingerprint density at radius 2 is 1.71 bits per heavy atom. The van der Waals surface area contributed by atoms with Gasteiger partial charge in [0.15, 0.2) is 11.3 Å². The number of hydrogen-bond donors (Lipinski definition) is 0. The van der Waals surface area contributed by atoms with E-state index in [9.17, 15) is 4.79 Å². The van der Waals surface area contributed by atoms with Crippen LogP contribution in [0.4, 0.5) is 11.8 Å². The highest BCUT2D eigenvalue weighted by molar-refractivity contribution is 6.33. The van der Waals surface area contributed by atoms with Crippen molar-refractivity contribution in [3.63, 3.8) is 0 Å². The third kappa shape index (κ3) is 3.65. The van der Waals surface area contributed by atoms with E-state index in [1.807, 2.05) is 14.0 Å². The highest BCUT2D eigenvalue weighted by atomic mass is 35.5. The van der Waals surface area contributed by atoms with Crippen molar-refractivity contribution in [3.8, 4) is 0 Å². The normalized spacial score (nSPS) is 17.1. The SMILES string of the molecule is Cc1nc(N2CCN(C(=O)c3nc(N4CCCC4)ncc3Cl)CC2)c2cnn(C)c2n1. The summed E-state index contributed by atoms with van der Waals surface area (Å²) in [6.07, 6.45) is 5.56. The van der Waals surface area contributed by atoms with Crippen molar-refractivity contribution in [1.29, 1.82) is 0 Å². The molecule has 2 aliphatic heterocycles. The number of carbonyl (C=O) groups excluding carboxylic acids is 1. The van der Waals surface area contributed by atoms with E-state index < -0.39 is 0 Å². The molecule has 0 aromatic carbocycles. The van der Waals surface area contributed by atoms with Gasteiger partial charge < -0.3 is 14.7 Å². The molecule has 0 spiro atoms. The summed E-state index contributed by atoms with van der Waals surface area (Å²) in [5.74, 6) is 1.99. The number of amides is 1. The molecule has 11 heteroatoms. The number of halogens is 1. The summed E-state index contributed by atoms with van der Waals surface area (Å²) < 4.78 is 1.75. The fraction of sp³-hybridized carbons (Fsp3) is 0.500. The topological polar surface area (TPSA) is 96.2 Å². The number of anilines is 2. The van der Waals surface area contributed by atoms with Crippen LogP contribution < -0.4 is 9.80 Å². The summed E-state index contributed by atoms with van der Waals surface area (Å²) in [6, 6.07) is 0. The molecule has 1 amide bonds. The molecule has 162 valence electrons. The largest absolute Gasteiger partial charge is 0.352 e. The second-order valence-electron chi connectivity index (χ2n) is 7.94. The van der Waals surface area contributed by atoms with Gasteiger partial charge in [-0.3, -0.25) is 9.48 Å². The lowest BCUT2D eigenvalue weighted by Crippen LogP contribution is -2.49. The van der Waals surface area contributed by atoms with Crippen molar-refractivity contribution in [3.05, 3.63) is 28.9 Å². The van der Waals surface area contributed by atoms with Gasteiger partial charge in [-0.25, -0.2) is 19.9 Å². The second-order valence-corrected chi connectivity index (χ2v) is 8.35. The zero-order chi connectivity index (χ0) is 21.5. The van der Waals surface area contributed by atoms with Gasteiger partial charge in [-0.05, 0) is 19.8 Å². The maximum Gasteiger partial charge on any atom is 0.274 e. The van der Waals surface area contributed by atoms with Crippen LogP contribution in [0.3, 0.4) is 0 Å². The zero-order valence-electron chi connectivity index (χ0n) is 17.6. The van der Waals surface area contributed by atoms with E-state index >= 15 is 0 Å². The highest BCUT2D eigenvalue weighted by Crippen LogP contribution is 2.26. The van der Waals surface area contributed by atoms with Gasteiger partial charge in [-0.1, -0.05) is 11.6 Å². The first-order chi connectivity index (χ1) is 15.0. The monoisotopic (exact) mass is 441 g/mol. The van der Waals surface area contributed by atoms with Crippen molar-refractivity contribution in [2.75, 3.05) is 49.1 Å². The number of carbonyl (C=O) groups is 1. The Morgan fingerprint density at radius 1 is 0.968 bits per heavy atom. The molecule has 0 radical (unpaired) electrons. The van der Waals surface area contributed by atoms with Crippen molar-refractivity contribution in [2.45, 2.75) is 19.8 Å². The molecule has 0 aliphatic carbocycles. The molecular formula is C20H24ClN9O. The fourth-order valence-electron chi connectivity index (χ4n) is 4.20. The smallest absolute Gasteiger partial charge is 0.274 e. The first-order valence-corrected chi connectivity index (χ1v) is 10.9. The number of nitrogens with zero attached hydrogens (tertiary/aromatic N) is 9. The number of aryl methyl sites for hydroxylation is 2. The summed E-state index contributed by atoms with van der Waals surface area (Å²) in [5, 5.41) is 5.53. The molecular weight excluding hydrogens is 418 g/mol. The molecule has 0 bridgehead atoms. The molecule has 5 rings (SSSR count). The molecule has 31 heavy (non-hydrogen) atoms. The lowest BCUT2D eigenvalue weighted by Gasteiger charge is -2.35.